The van der Waals surface area contributed by atoms with E-state index in [4.69, 9.17) is 0 Å². The van der Waals surface area contributed by atoms with Gasteiger partial charge in [0.2, 0.25) is 0 Å². The number of hydrogen-bond donors (Lipinski definition) is 0. The molecule has 0 amide bonds. The Morgan fingerprint density at radius 3 is 1.44 bits per heavy atom. The Morgan fingerprint density at radius 1 is 0.481 bits per heavy atom. The van der Waals surface area contributed by atoms with Crippen molar-refractivity contribution in [1.29, 1.82) is 0 Å². The summed E-state index contributed by atoms with van der Waals surface area (Å²) in [4.78, 5) is 0. The molecule has 0 aromatic heterocycles. The van der Waals surface area contributed by atoms with Crippen LogP contribution in [-0.2, 0) is 6.16 Å². The van der Waals surface area contributed by atoms with Crippen LogP contribution in [-0.4, -0.2) is 0 Å². The van der Waals surface area contributed by atoms with Crippen LogP contribution in [0.4, 0.5) is 0 Å². The molecule has 4 aromatic carbocycles. The van der Waals surface area contributed by atoms with Crippen molar-refractivity contribution < 1.29 is 0 Å². The molecule has 0 unspecified atom stereocenters. The summed E-state index contributed by atoms with van der Waals surface area (Å²) in [7, 11) is -1.81. The third kappa shape index (κ3) is 3.68. The molecule has 0 spiro atoms. The maximum atomic E-state index is 2.30. The average molecular weight is 366 g/mol. The van der Waals surface area contributed by atoms with E-state index in [1.54, 1.807) is 0 Å². The first kappa shape index (κ1) is 17.6. The molecule has 0 heterocycles. The summed E-state index contributed by atoms with van der Waals surface area (Å²) >= 11 is 0. The topological polar surface area (TPSA) is 0 Å². The largest absolute Gasteiger partial charge is 0.117 e. The van der Waals surface area contributed by atoms with Gasteiger partial charge in [-0.2, -0.15) is 0 Å². The van der Waals surface area contributed by atoms with E-state index in [-0.39, 0.29) is 0 Å². The summed E-state index contributed by atoms with van der Waals surface area (Å²) in [6, 6.07) is 46.1. The molecule has 0 fully saturated rings. The van der Waals surface area contributed by atoms with Crippen molar-refractivity contribution in [3.63, 3.8) is 0 Å². The Kier molecular flexibility index (Phi) is 5.37. The van der Waals surface area contributed by atoms with Gasteiger partial charge in [0.15, 0.2) is 0 Å². The average Bonchev–Trinajstić information content (AvgIpc) is 3.02. The molecular weight excluding hydrogens is 343 g/mol. The lowest BCUT2D eigenvalue weighted by atomic mass is 10.3. The number of benzene rings is 3. The smallest absolute Gasteiger partial charge is 0.0620 e. The zero-order valence-corrected chi connectivity index (χ0v) is 16.2. The van der Waals surface area contributed by atoms with E-state index in [0.717, 1.165) is 6.16 Å². The zero-order chi connectivity index (χ0) is 18.4. The first-order valence-electron chi connectivity index (χ1n) is 9.32. The number of rotatable bonds is 5. The van der Waals surface area contributed by atoms with Crippen LogP contribution in [0.15, 0.2) is 127 Å². The Hall–Kier alpha value is -2.82. The summed E-state index contributed by atoms with van der Waals surface area (Å²) < 4.78 is 0. The van der Waals surface area contributed by atoms with Crippen molar-refractivity contribution >= 4 is 23.2 Å². The van der Waals surface area contributed by atoms with Gasteiger partial charge >= 0.3 is 0 Å². The monoisotopic (exact) mass is 366 g/mol. The molecule has 27 heavy (non-hydrogen) atoms. The van der Waals surface area contributed by atoms with Crippen molar-refractivity contribution in [2.75, 3.05) is 0 Å². The molecule has 4 aromatic rings. The summed E-state index contributed by atoms with van der Waals surface area (Å²) in [6.07, 6.45) is 1.01. The first-order chi connectivity index (χ1) is 13.4. The van der Waals surface area contributed by atoms with Gasteiger partial charge in [0.1, 0.15) is 29.3 Å². The van der Waals surface area contributed by atoms with Gasteiger partial charge in [0, 0.05) is 36.4 Å². The molecule has 4 rings (SSSR count). The quantitative estimate of drug-likeness (QED) is 0.325. The standard InChI is InChI=1S/C26H23P/c1-2-7-15-23(14-6-1)22-27(24-16-8-3-9-17-24,25-18-10-4-11-19-25)26-20-12-5-13-21-26/h1-21H,22H2/q+2. The van der Waals surface area contributed by atoms with Crippen LogP contribution < -0.4 is 15.9 Å². The van der Waals surface area contributed by atoms with Crippen molar-refractivity contribution in [3.8, 4) is 0 Å². The van der Waals surface area contributed by atoms with Gasteiger partial charge in [-0.25, -0.2) is 0 Å². The Balaban J connectivity index is 2.00. The third-order valence-electron chi connectivity index (χ3n) is 4.96. The fourth-order valence-electron chi connectivity index (χ4n) is 3.69. The molecule has 0 atom stereocenters. The van der Waals surface area contributed by atoms with Crippen LogP contribution in [0.3, 0.4) is 0 Å². The van der Waals surface area contributed by atoms with E-state index in [1.165, 1.54) is 21.5 Å². The summed E-state index contributed by atoms with van der Waals surface area (Å²) in [5, 5.41) is 4.27. The first-order valence-corrected chi connectivity index (χ1v) is 11.3. The molecule has 0 nitrogen and oxygen atoms in total. The fourth-order valence-corrected chi connectivity index (χ4v) is 7.93. The van der Waals surface area contributed by atoms with E-state index >= 15 is 0 Å². The SMILES string of the molecule is c1ccc([P+](Cc2ccc[cH+]cc2)(c2ccccc2)c2ccccc2)cc1. The Labute approximate surface area is 162 Å². The second-order valence-corrected chi connectivity index (χ2v) is 10.1. The van der Waals surface area contributed by atoms with Crippen LogP contribution in [0.2, 0.25) is 0 Å². The molecule has 0 aliphatic carbocycles. The molecule has 0 bridgehead atoms. The molecule has 0 aliphatic heterocycles. The van der Waals surface area contributed by atoms with Crippen molar-refractivity contribution in [1.82, 2.24) is 0 Å². The Morgan fingerprint density at radius 2 is 0.963 bits per heavy atom. The van der Waals surface area contributed by atoms with Gasteiger partial charge in [-0.15, -0.1) is 0 Å². The minimum atomic E-state index is -1.81. The third-order valence-corrected chi connectivity index (χ3v) is 9.34. The summed E-state index contributed by atoms with van der Waals surface area (Å²) in [6.45, 7) is 0. The highest BCUT2D eigenvalue weighted by Gasteiger charge is 2.45. The lowest BCUT2D eigenvalue weighted by Crippen LogP contribution is -2.32. The molecule has 0 aliphatic rings. The fraction of sp³-hybridized carbons (Fsp3) is 0.0385. The van der Waals surface area contributed by atoms with Crippen LogP contribution in [0.25, 0.3) is 0 Å². The van der Waals surface area contributed by atoms with Crippen LogP contribution in [0, 0.1) is 0 Å². The van der Waals surface area contributed by atoms with E-state index in [0.29, 0.717) is 0 Å². The highest BCUT2D eigenvalue weighted by Crippen LogP contribution is 2.57. The highest BCUT2D eigenvalue weighted by molar-refractivity contribution is 7.95. The van der Waals surface area contributed by atoms with Gasteiger partial charge in [0.25, 0.3) is 0 Å². The maximum Gasteiger partial charge on any atom is 0.117 e. The number of hydrogen-bond acceptors (Lipinski definition) is 0. The van der Waals surface area contributed by atoms with Gasteiger partial charge in [-0.3, -0.25) is 0 Å². The summed E-state index contributed by atoms with van der Waals surface area (Å²) in [5.41, 5.74) is 1.37. The van der Waals surface area contributed by atoms with E-state index in [2.05, 4.69) is 127 Å². The van der Waals surface area contributed by atoms with E-state index in [1.807, 2.05) is 0 Å². The van der Waals surface area contributed by atoms with Crippen LogP contribution >= 0.6 is 7.26 Å². The Bertz CT molecular complexity index is 870. The van der Waals surface area contributed by atoms with E-state index in [9.17, 15) is 0 Å². The molecule has 0 saturated carbocycles. The van der Waals surface area contributed by atoms with Gasteiger partial charge in [-0.05, 0) is 36.4 Å². The van der Waals surface area contributed by atoms with Crippen LogP contribution in [0.1, 0.15) is 5.56 Å². The second-order valence-electron chi connectivity index (χ2n) is 6.65. The second kappa shape index (κ2) is 8.25. The normalized spacial score (nSPS) is 11.1. The zero-order valence-electron chi connectivity index (χ0n) is 15.3. The molecule has 1 heteroatoms. The summed E-state index contributed by atoms with van der Waals surface area (Å²) in [5.74, 6) is 0. The highest BCUT2D eigenvalue weighted by atomic mass is 31.2. The minimum Gasteiger partial charge on any atom is -0.0620 e. The molecule has 0 radical (unpaired) electrons. The molecule has 0 N–H and O–H groups in total. The lowest BCUT2D eigenvalue weighted by molar-refractivity contribution is 1.41. The van der Waals surface area contributed by atoms with Gasteiger partial charge in [-0.1, -0.05) is 54.6 Å². The van der Waals surface area contributed by atoms with Gasteiger partial charge in [0.05, 0.1) is 5.56 Å². The molecular formula is C26H23P+2. The maximum absolute atomic E-state index is 2.30. The van der Waals surface area contributed by atoms with Crippen molar-refractivity contribution in [2.45, 2.75) is 6.16 Å². The van der Waals surface area contributed by atoms with Crippen LogP contribution in [0.5, 0.6) is 0 Å². The predicted molar refractivity (Wildman–Crippen MR) is 120 cm³/mol. The molecule has 130 valence electrons. The van der Waals surface area contributed by atoms with E-state index < -0.39 is 7.26 Å². The van der Waals surface area contributed by atoms with Crippen molar-refractivity contribution in [3.05, 3.63) is 133 Å². The predicted octanol–water partition coefficient (Wildman–Crippen LogP) is 5.46. The lowest BCUT2D eigenvalue weighted by Gasteiger charge is -2.27. The van der Waals surface area contributed by atoms with Gasteiger partial charge < -0.3 is 0 Å². The minimum absolute atomic E-state index is 1.01. The van der Waals surface area contributed by atoms with Crippen molar-refractivity contribution in [2.24, 2.45) is 0 Å². The molecule has 0 saturated heterocycles.